The van der Waals surface area contributed by atoms with E-state index < -0.39 is 0 Å². The van der Waals surface area contributed by atoms with Gasteiger partial charge in [0.25, 0.3) is 0 Å². The third-order valence-electron chi connectivity index (χ3n) is 4.77. The molecule has 1 aliphatic carbocycles. The lowest BCUT2D eigenvalue weighted by atomic mass is 9.90. The van der Waals surface area contributed by atoms with Crippen LogP contribution in [-0.4, -0.2) is 74.0 Å². The summed E-state index contributed by atoms with van der Waals surface area (Å²) >= 11 is 0. The molecule has 1 rings (SSSR count). The molecule has 1 fully saturated rings. The molecule has 6 heteroatoms. The van der Waals surface area contributed by atoms with Gasteiger partial charge in [-0.15, -0.1) is 0 Å². The summed E-state index contributed by atoms with van der Waals surface area (Å²) < 4.78 is 0. The quantitative estimate of drug-likeness (QED) is 0.611. The molecule has 0 unspecified atom stereocenters. The third kappa shape index (κ3) is 11.1. The standard InChI is InChI=1S/C11H20N2O.C9H18N2O/c1-4-11(14)12-9-5-7-10(8-6-9)13(2)3;1-4-9(12)10-7-8-11(5-2)6-3/h4,9-10H,1,5-8H2,2-3H3,(H,12,14);4H,1,5-8H2,2-3H3,(H,10,12). The Hall–Kier alpha value is -1.66. The Kier molecular flexibility index (Phi) is 13.6. The van der Waals surface area contributed by atoms with Crippen molar-refractivity contribution in [2.45, 2.75) is 51.6 Å². The highest BCUT2D eigenvalue weighted by molar-refractivity contribution is 5.87. The third-order valence-corrected chi connectivity index (χ3v) is 4.77. The zero-order valence-corrected chi connectivity index (χ0v) is 17.1. The molecule has 2 amide bonds. The molecule has 6 nitrogen and oxygen atoms in total. The average Bonchev–Trinajstić information content (AvgIpc) is 2.65. The lowest BCUT2D eigenvalue weighted by molar-refractivity contribution is -0.117. The van der Waals surface area contributed by atoms with E-state index in [-0.39, 0.29) is 11.8 Å². The van der Waals surface area contributed by atoms with Crippen molar-refractivity contribution < 1.29 is 9.59 Å². The highest BCUT2D eigenvalue weighted by atomic mass is 16.2. The van der Waals surface area contributed by atoms with Gasteiger partial charge in [-0.05, 0) is 65.0 Å². The van der Waals surface area contributed by atoms with Crippen molar-refractivity contribution in [1.29, 1.82) is 0 Å². The number of amides is 2. The maximum Gasteiger partial charge on any atom is 0.243 e. The van der Waals surface area contributed by atoms with Crippen molar-refractivity contribution in [1.82, 2.24) is 20.4 Å². The number of carbonyl (C=O) groups excluding carboxylic acids is 2. The van der Waals surface area contributed by atoms with Crippen molar-refractivity contribution in [3.05, 3.63) is 25.3 Å². The Balaban J connectivity index is 0.000000488. The van der Waals surface area contributed by atoms with Gasteiger partial charge in [0, 0.05) is 25.2 Å². The van der Waals surface area contributed by atoms with Crippen LogP contribution >= 0.6 is 0 Å². The van der Waals surface area contributed by atoms with E-state index in [0.717, 1.165) is 32.5 Å². The second kappa shape index (κ2) is 14.5. The minimum atomic E-state index is -0.0952. The largest absolute Gasteiger partial charge is 0.351 e. The second-order valence-electron chi connectivity index (χ2n) is 6.70. The normalized spacial score (nSPS) is 19.3. The van der Waals surface area contributed by atoms with Gasteiger partial charge < -0.3 is 20.4 Å². The molecule has 2 N–H and O–H groups in total. The molecule has 0 spiro atoms. The predicted molar refractivity (Wildman–Crippen MR) is 109 cm³/mol. The summed E-state index contributed by atoms with van der Waals surface area (Å²) in [5.74, 6) is -0.138. The molecule has 150 valence electrons. The number of hydrogen-bond acceptors (Lipinski definition) is 4. The van der Waals surface area contributed by atoms with E-state index in [9.17, 15) is 9.59 Å². The Morgan fingerprint density at radius 1 is 1.00 bits per heavy atom. The number of nitrogens with zero attached hydrogens (tertiary/aromatic N) is 2. The first kappa shape index (κ1) is 24.3. The molecular formula is C20H38N4O2. The highest BCUT2D eigenvalue weighted by Gasteiger charge is 2.22. The fourth-order valence-electron chi connectivity index (χ4n) is 2.95. The average molecular weight is 367 g/mol. The molecule has 0 heterocycles. The first-order valence-electron chi connectivity index (χ1n) is 9.59. The van der Waals surface area contributed by atoms with Gasteiger partial charge >= 0.3 is 0 Å². The molecule has 0 aromatic rings. The van der Waals surface area contributed by atoms with Gasteiger partial charge in [0.2, 0.25) is 11.8 Å². The molecule has 1 saturated carbocycles. The van der Waals surface area contributed by atoms with Crippen LogP contribution in [0.25, 0.3) is 0 Å². The maximum absolute atomic E-state index is 11.1. The zero-order valence-electron chi connectivity index (χ0n) is 17.1. The fraction of sp³-hybridized carbons (Fsp3) is 0.700. The van der Waals surface area contributed by atoms with E-state index >= 15 is 0 Å². The number of hydrogen-bond donors (Lipinski definition) is 2. The van der Waals surface area contributed by atoms with Crippen LogP contribution in [0.5, 0.6) is 0 Å². The Morgan fingerprint density at radius 2 is 1.54 bits per heavy atom. The van der Waals surface area contributed by atoms with Crippen molar-refractivity contribution >= 4 is 11.8 Å². The molecule has 0 bridgehead atoms. The van der Waals surface area contributed by atoms with Crippen molar-refractivity contribution in [2.75, 3.05) is 40.3 Å². The molecule has 0 radical (unpaired) electrons. The SMILES string of the molecule is C=CC(=O)NC1CCC(N(C)C)CC1.C=CC(=O)NCCN(CC)CC. The first-order valence-corrected chi connectivity index (χ1v) is 9.59. The van der Waals surface area contributed by atoms with Crippen molar-refractivity contribution in [3.63, 3.8) is 0 Å². The van der Waals surface area contributed by atoms with E-state index in [1.807, 2.05) is 0 Å². The molecule has 0 aromatic carbocycles. The summed E-state index contributed by atoms with van der Waals surface area (Å²) in [4.78, 5) is 26.3. The van der Waals surface area contributed by atoms with Crippen molar-refractivity contribution in [3.8, 4) is 0 Å². The summed E-state index contributed by atoms with van der Waals surface area (Å²) in [5, 5.41) is 5.69. The Morgan fingerprint density at radius 3 is 1.96 bits per heavy atom. The Bertz CT molecular complexity index is 426. The highest BCUT2D eigenvalue weighted by Crippen LogP contribution is 2.21. The maximum atomic E-state index is 11.1. The number of rotatable bonds is 9. The van der Waals surface area contributed by atoms with Crippen LogP contribution in [0.15, 0.2) is 25.3 Å². The van der Waals surface area contributed by atoms with Crippen LogP contribution in [0.1, 0.15) is 39.5 Å². The zero-order chi connectivity index (χ0) is 19.9. The molecule has 1 aliphatic rings. The molecule has 0 aromatic heterocycles. The number of nitrogens with one attached hydrogen (secondary N) is 2. The van der Waals surface area contributed by atoms with Crippen LogP contribution in [0.2, 0.25) is 0 Å². The summed E-state index contributed by atoms with van der Waals surface area (Å²) in [6.45, 7) is 14.7. The predicted octanol–water partition coefficient (Wildman–Crippen LogP) is 1.79. The van der Waals surface area contributed by atoms with Gasteiger partial charge in [-0.25, -0.2) is 0 Å². The summed E-state index contributed by atoms with van der Waals surface area (Å²) in [7, 11) is 4.24. The minimum absolute atomic E-state index is 0.0432. The van der Waals surface area contributed by atoms with Gasteiger partial charge in [-0.1, -0.05) is 27.0 Å². The smallest absolute Gasteiger partial charge is 0.243 e. The van der Waals surface area contributed by atoms with Crippen LogP contribution in [0.3, 0.4) is 0 Å². The van der Waals surface area contributed by atoms with E-state index in [2.05, 4.69) is 61.5 Å². The van der Waals surface area contributed by atoms with Crippen LogP contribution in [0.4, 0.5) is 0 Å². The van der Waals surface area contributed by atoms with Gasteiger partial charge in [0.05, 0.1) is 0 Å². The lowest BCUT2D eigenvalue weighted by Gasteiger charge is -2.32. The van der Waals surface area contributed by atoms with E-state index in [1.54, 1.807) is 0 Å². The van der Waals surface area contributed by atoms with Crippen LogP contribution in [0, 0.1) is 0 Å². The van der Waals surface area contributed by atoms with Crippen LogP contribution in [-0.2, 0) is 9.59 Å². The van der Waals surface area contributed by atoms with E-state index in [1.165, 1.54) is 25.0 Å². The molecule has 0 atom stereocenters. The van der Waals surface area contributed by atoms with Crippen LogP contribution < -0.4 is 10.6 Å². The topological polar surface area (TPSA) is 64.7 Å². The van der Waals surface area contributed by atoms with Crippen molar-refractivity contribution in [2.24, 2.45) is 0 Å². The monoisotopic (exact) mass is 366 g/mol. The minimum Gasteiger partial charge on any atom is -0.351 e. The number of likely N-dealkylation sites (N-methyl/N-ethyl adjacent to an activating group) is 1. The lowest BCUT2D eigenvalue weighted by Crippen LogP contribution is -2.41. The van der Waals surface area contributed by atoms with E-state index in [4.69, 9.17) is 0 Å². The van der Waals surface area contributed by atoms with Gasteiger partial charge in [0.1, 0.15) is 0 Å². The summed E-state index contributed by atoms with van der Waals surface area (Å²) in [6.07, 6.45) is 7.16. The molecule has 0 saturated heterocycles. The van der Waals surface area contributed by atoms with E-state index in [0.29, 0.717) is 18.6 Å². The molecular weight excluding hydrogens is 328 g/mol. The first-order chi connectivity index (χ1) is 12.4. The van der Waals surface area contributed by atoms with Gasteiger partial charge in [0.15, 0.2) is 0 Å². The molecule has 26 heavy (non-hydrogen) atoms. The number of carbonyl (C=O) groups is 2. The molecule has 0 aliphatic heterocycles. The summed E-state index contributed by atoms with van der Waals surface area (Å²) in [6, 6.07) is 1.04. The van der Waals surface area contributed by atoms with Gasteiger partial charge in [-0.2, -0.15) is 0 Å². The summed E-state index contributed by atoms with van der Waals surface area (Å²) in [5.41, 5.74) is 0. The fourth-order valence-corrected chi connectivity index (χ4v) is 2.95. The Labute approximate surface area is 159 Å². The second-order valence-corrected chi connectivity index (χ2v) is 6.70. The van der Waals surface area contributed by atoms with Gasteiger partial charge in [-0.3, -0.25) is 9.59 Å².